The molecule has 0 saturated heterocycles. The lowest BCUT2D eigenvalue weighted by Crippen LogP contribution is -2.26. The Balaban J connectivity index is 2.33. The van der Waals surface area contributed by atoms with E-state index in [0.29, 0.717) is 19.1 Å². The monoisotopic (exact) mass is 265 g/mol. The maximum atomic E-state index is 9.11. The first-order valence-corrected chi connectivity index (χ1v) is 7.12. The van der Waals surface area contributed by atoms with Gasteiger partial charge in [0.15, 0.2) is 0 Å². The third-order valence-electron chi connectivity index (χ3n) is 2.95. The number of ether oxygens (including phenoxy) is 1. The van der Waals surface area contributed by atoms with Gasteiger partial charge in [-0.05, 0) is 56.0 Å². The summed E-state index contributed by atoms with van der Waals surface area (Å²) in [6.45, 7) is 10.5. The van der Waals surface area contributed by atoms with Gasteiger partial charge in [0, 0.05) is 6.54 Å². The summed E-state index contributed by atoms with van der Waals surface area (Å²) in [5.41, 5.74) is 2.57. The van der Waals surface area contributed by atoms with Gasteiger partial charge >= 0.3 is 0 Å². The summed E-state index contributed by atoms with van der Waals surface area (Å²) in [6, 6.07) is 6.41. The first-order valence-electron chi connectivity index (χ1n) is 7.12. The lowest BCUT2D eigenvalue weighted by Gasteiger charge is -2.12. The molecule has 0 spiro atoms. The molecule has 0 radical (unpaired) electrons. The summed E-state index contributed by atoms with van der Waals surface area (Å²) in [5.74, 6) is 1.48. The topological polar surface area (TPSA) is 41.5 Å². The van der Waals surface area contributed by atoms with Gasteiger partial charge in [-0.1, -0.05) is 19.9 Å². The van der Waals surface area contributed by atoms with Gasteiger partial charge in [-0.15, -0.1) is 0 Å². The van der Waals surface area contributed by atoms with E-state index in [1.165, 1.54) is 11.1 Å². The molecular formula is C16H27NO2. The van der Waals surface area contributed by atoms with Gasteiger partial charge in [0.25, 0.3) is 0 Å². The van der Waals surface area contributed by atoms with Crippen molar-refractivity contribution in [1.29, 1.82) is 0 Å². The first-order chi connectivity index (χ1) is 8.99. The molecule has 1 aromatic carbocycles. The van der Waals surface area contributed by atoms with E-state index < -0.39 is 0 Å². The smallest absolute Gasteiger partial charge is 0.119 e. The van der Waals surface area contributed by atoms with Crippen molar-refractivity contribution >= 4 is 0 Å². The van der Waals surface area contributed by atoms with Crippen LogP contribution in [0.15, 0.2) is 18.2 Å². The molecular weight excluding hydrogens is 238 g/mol. The minimum Gasteiger partial charge on any atom is -0.494 e. The van der Waals surface area contributed by atoms with E-state index in [0.717, 1.165) is 18.7 Å². The summed E-state index contributed by atoms with van der Waals surface area (Å²) in [7, 11) is 0. The van der Waals surface area contributed by atoms with Crippen molar-refractivity contribution in [2.45, 2.75) is 46.1 Å². The van der Waals surface area contributed by atoms with Crippen LogP contribution in [0.1, 0.15) is 44.2 Å². The summed E-state index contributed by atoms with van der Waals surface area (Å²) in [4.78, 5) is 0. The fourth-order valence-corrected chi connectivity index (χ4v) is 1.89. The molecule has 0 amide bonds. The molecule has 1 aromatic rings. The molecule has 3 heteroatoms. The number of hydrogen-bond donors (Lipinski definition) is 2. The fourth-order valence-electron chi connectivity index (χ4n) is 1.89. The highest BCUT2D eigenvalue weighted by atomic mass is 16.5. The minimum atomic E-state index is -0.286. The standard InChI is InChI=1S/C16H27NO2/c1-12(2)15-8-13(3)9-16(10-15)19-7-5-6-17-11-14(4)18/h8-10,12,14,17-18H,5-7,11H2,1-4H3/t14-/m0/s1. The Hall–Kier alpha value is -1.06. The van der Waals surface area contributed by atoms with Crippen LogP contribution in [-0.2, 0) is 0 Å². The number of aryl methyl sites for hydroxylation is 1. The Morgan fingerprint density at radius 1 is 1.21 bits per heavy atom. The van der Waals surface area contributed by atoms with Crippen molar-refractivity contribution in [1.82, 2.24) is 5.32 Å². The van der Waals surface area contributed by atoms with E-state index in [1.807, 2.05) is 0 Å². The van der Waals surface area contributed by atoms with Gasteiger partial charge in [-0.2, -0.15) is 0 Å². The number of hydrogen-bond acceptors (Lipinski definition) is 3. The Labute approximate surface area is 117 Å². The van der Waals surface area contributed by atoms with Crippen molar-refractivity contribution in [3.63, 3.8) is 0 Å². The van der Waals surface area contributed by atoms with Gasteiger partial charge in [-0.3, -0.25) is 0 Å². The Kier molecular flexibility index (Phi) is 6.89. The molecule has 0 aliphatic heterocycles. The number of aliphatic hydroxyl groups excluding tert-OH is 1. The van der Waals surface area contributed by atoms with Crippen molar-refractivity contribution in [2.75, 3.05) is 19.7 Å². The average Bonchev–Trinajstić information content (AvgIpc) is 2.32. The molecule has 0 aromatic heterocycles. The molecule has 0 unspecified atom stereocenters. The van der Waals surface area contributed by atoms with Gasteiger partial charge < -0.3 is 15.2 Å². The fraction of sp³-hybridized carbons (Fsp3) is 0.625. The molecule has 1 rings (SSSR count). The molecule has 0 heterocycles. The molecule has 0 fully saturated rings. The quantitative estimate of drug-likeness (QED) is 0.710. The molecule has 0 aliphatic rings. The van der Waals surface area contributed by atoms with Crippen molar-refractivity contribution in [2.24, 2.45) is 0 Å². The van der Waals surface area contributed by atoms with Gasteiger partial charge in [0.2, 0.25) is 0 Å². The van der Waals surface area contributed by atoms with Gasteiger partial charge in [0.05, 0.1) is 12.7 Å². The highest BCUT2D eigenvalue weighted by Gasteiger charge is 2.03. The van der Waals surface area contributed by atoms with Crippen LogP contribution in [0, 0.1) is 6.92 Å². The SMILES string of the molecule is Cc1cc(OCCCNC[C@H](C)O)cc(C(C)C)c1. The summed E-state index contributed by atoms with van der Waals surface area (Å²) < 4.78 is 5.78. The van der Waals surface area contributed by atoms with E-state index in [9.17, 15) is 0 Å². The van der Waals surface area contributed by atoms with Gasteiger partial charge in [-0.25, -0.2) is 0 Å². The molecule has 1 atom stereocenters. The molecule has 2 N–H and O–H groups in total. The highest BCUT2D eigenvalue weighted by Crippen LogP contribution is 2.22. The number of rotatable bonds is 8. The molecule has 3 nitrogen and oxygen atoms in total. The average molecular weight is 265 g/mol. The first kappa shape index (κ1) is 16.0. The second-order valence-corrected chi connectivity index (χ2v) is 5.49. The van der Waals surface area contributed by atoms with E-state index in [2.05, 4.69) is 44.3 Å². The predicted molar refractivity (Wildman–Crippen MR) is 79.9 cm³/mol. The maximum Gasteiger partial charge on any atom is 0.119 e. The highest BCUT2D eigenvalue weighted by molar-refractivity contribution is 5.35. The molecule has 0 saturated carbocycles. The summed E-state index contributed by atoms with van der Waals surface area (Å²) in [6.07, 6.45) is 0.656. The molecule has 0 bridgehead atoms. The maximum absolute atomic E-state index is 9.11. The molecule has 0 aliphatic carbocycles. The summed E-state index contributed by atoms with van der Waals surface area (Å²) >= 11 is 0. The van der Waals surface area contributed by atoms with E-state index >= 15 is 0 Å². The van der Waals surface area contributed by atoms with Gasteiger partial charge in [0.1, 0.15) is 5.75 Å². The van der Waals surface area contributed by atoms with Crippen LogP contribution in [0.25, 0.3) is 0 Å². The second-order valence-electron chi connectivity index (χ2n) is 5.49. The third-order valence-corrected chi connectivity index (χ3v) is 2.95. The zero-order chi connectivity index (χ0) is 14.3. The normalized spacial score (nSPS) is 12.7. The van der Waals surface area contributed by atoms with E-state index in [4.69, 9.17) is 9.84 Å². The van der Waals surface area contributed by atoms with Crippen LogP contribution in [0.4, 0.5) is 0 Å². The van der Waals surface area contributed by atoms with Crippen LogP contribution in [0.3, 0.4) is 0 Å². The van der Waals surface area contributed by atoms with Crippen LogP contribution in [0.2, 0.25) is 0 Å². The summed E-state index contributed by atoms with van der Waals surface area (Å²) in [5, 5.41) is 12.3. The number of aliphatic hydroxyl groups is 1. The van der Waals surface area contributed by atoms with Crippen LogP contribution < -0.4 is 10.1 Å². The number of benzene rings is 1. The lowest BCUT2D eigenvalue weighted by molar-refractivity contribution is 0.190. The molecule has 108 valence electrons. The Bertz CT molecular complexity index is 375. The van der Waals surface area contributed by atoms with Crippen molar-refractivity contribution in [3.8, 4) is 5.75 Å². The zero-order valence-electron chi connectivity index (χ0n) is 12.6. The van der Waals surface area contributed by atoms with Crippen LogP contribution in [0.5, 0.6) is 5.75 Å². The Morgan fingerprint density at radius 2 is 1.95 bits per heavy atom. The lowest BCUT2D eigenvalue weighted by atomic mass is 10.0. The third kappa shape index (κ3) is 6.60. The van der Waals surface area contributed by atoms with Crippen LogP contribution in [-0.4, -0.2) is 30.9 Å². The number of nitrogens with one attached hydrogen (secondary N) is 1. The zero-order valence-corrected chi connectivity index (χ0v) is 12.6. The van der Waals surface area contributed by atoms with Crippen molar-refractivity contribution in [3.05, 3.63) is 29.3 Å². The van der Waals surface area contributed by atoms with E-state index in [1.54, 1.807) is 6.92 Å². The minimum absolute atomic E-state index is 0.286. The largest absolute Gasteiger partial charge is 0.494 e. The second kappa shape index (κ2) is 8.18. The predicted octanol–water partition coefficient (Wildman–Crippen LogP) is 2.86. The Morgan fingerprint density at radius 3 is 2.58 bits per heavy atom. The van der Waals surface area contributed by atoms with Crippen LogP contribution >= 0.6 is 0 Å². The van der Waals surface area contributed by atoms with Crippen molar-refractivity contribution < 1.29 is 9.84 Å². The van der Waals surface area contributed by atoms with E-state index in [-0.39, 0.29) is 6.10 Å². The molecule has 19 heavy (non-hydrogen) atoms.